The highest BCUT2D eigenvalue weighted by Crippen LogP contribution is 2.38. The van der Waals surface area contributed by atoms with Crippen LogP contribution in [0.3, 0.4) is 0 Å². The first-order chi connectivity index (χ1) is 15.5. The van der Waals surface area contributed by atoms with Gasteiger partial charge in [-0.15, -0.1) is 0 Å². The first-order valence-electron chi connectivity index (χ1n) is 11.1. The average molecular weight is 437 g/mol. The number of nitrogens with one attached hydrogen (secondary N) is 1. The normalized spacial score (nSPS) is 20.8. The van der Waals surface area contributed by atoms with Crippen LogP contribution in [0.15, 0.2) is 54.6 Å². The smallest absolute Gasteiger partial charge is 0.326 e. The Balaban J connectivity index is 1.31. The van der Waals surface area contributed by atoms with Crippen LogP contribution in [0.25, 0.3) is 0 Å². The van der Waals surface area contributed by atoms with Crippen LogP contribution in [0, 0.1) is 11.8 Å². The van der Waals surface area contributed by atoms with Gasteiger partial charge < -0.3 is 20.1 Å². The zero-order chi connectivity index (χ0) is 22.5. The Kier molecular flexibility index (Phi) is 6.73. The Morgan fingerprint density at radius 1 is 0.938 bits per heavy atom. The van der Waals surface area contributed by atoms with Gasteiger partial charge in [-0.3, -0.25) is 9.59 Å². The Morgan fingerprint density at radius 2 is 1.59 bits per heavy atom. The number of rotatable bonds is 7. The lowest BCUT2D eigenvalue weighted by Gasteiger charge is -2.22. The molecule has 4 rings (SSSR count). The fraction of sp³-hybridized carbons (Fsp3) is 0.400. The summed E-state index contributed by atoms with van der Waals surface area (Å²) in [5.74, 6) is 0.321. The molecule has 2 atom stereocenters. The third-order valence-electron chi connectivity index (χ3n) is 6.50. The summed E-state index contributed by atoms with van der Waals surface area (Å²) < 4.78 is 5.72. The minimum Gasteiger partial charge on any atom is -0.480 e. The predicted molar refractivity (Wildman–Crippen MR) is 118 cm³/mol. The molecular weight excluding hydrogens is 408 g/mol. The van der Waals surface area contributed by atoms with Gasteiger partial charge in [0, 0.05) is 12.1 Å². The molecule has 0 bridgehead atoms. The summed E-state index contributed by atoms with van der Waals surface area (Å²) in [6, 6.07) is 15.2. The Bertz CT molecular complexity index is 954. The van der Waals surface area contributed by atoms with Gasteiger partial charge in [-0.2, -0.15) is 0 Å². The molecule has 1 aliphatic carbocycles. The van der Waals surface area contributed by atoms with Crippen LogP contribution in [0.4, 0.5) is 0 Å². The fourth-order valence-corrected chi connectivity index (χ4v) is 4.81. The zero-order valence-electron chi connectivity index (χ0n) is 17.9. The van der Waals surface area contributed by atoms with Gasteiger partial charge in [0.25, 0.3) is 5.91 Å². The van der Waals surface area contributed by atoms with E-state index in [-0.39, 0.29) is 24.3 Å². The predicted octanol–water partition coefficient (Wildman–Crippen LogP) is 3.70. The molecular formula is C25H28N2O5. The fourth-order valence-electron chi connectivity index (χ4n) is 4.81. The van der Waals surface area contributed by atoms with E-state index in [9.17, 15) is 19.5 Å². The van der Waals surface area contributed by atoms with Gasteiger partial charge in [0.1, 0.15) is 17.5 Å². The monoisotopic (exact) mass is 436 g/mol. The second kappa shape index (κ2) is 9.85. The molecule has 2 aromatic carbocycles. The summed E-state index contributed by atoms with van der Waals surface area (Å²) in [7, 11) is 0. The van der Waals surface area contributed by atoms with E-state index in [2.05, 4.69) is 5.32 Å². The van der Waals surface area contributed by atoms with Crippen LogP contribution < -0.4 is 10.1 Å². The summed E-state index contributed by atoms with van der Waals surface area (Å²) in [4.78, 5) is 38.4. The lowest BCUT2D eigenvalue weighted by Crippen LogP contribution is -2.45. The van der Waals surface area contributed by atoms with E-state index < -0.39 is 12.0 Å². The molecule has 2 amide bonds. The number of para-hydroxylation sites is 1. The van der Waals surface area contributed by atoms with Crippen molar-refractivity contribution in [1.29, 1.82) is 0 Å². The minimum atomic E-state index is -0.973. The number of benzene rings is 2. The van der Waals surface area contributed by atoms with E-state index in [1.165, 1.54) is 17.7 Å². The highest BCUT2D eigenvalue weighted by molar-refractivity contribution is 5.97. The van der Waals surface area contributed by atoms with Crippen LogP contribution >= 0.6 is 0 Å². The quantitative estimate of drug-likeness (QED) is 0.690. The van der Waals surface area contributed by atoms with Crippen molar-refractivity contribution in [3.63, 3.8) is 0 Å². The summed E-state index contributed by atoms with van der Waals surface area (Å²) >= 11 is 0. The number of carbonyl (C=O) groups is 3. The maximum atomic E-state index is 12.7. The number of carboxylic acids is 1. The number of ether oxygens (including phenoxy) is 1. The van der Waals surface area contributed by atoms with E-state index >= 15 is 0 Å². The molecule has 1 heterocycles. The van der Waals surface area contributed by atoms with E-state index in [0.717, 1.165) is 12.8 Å². The Morgan fingerprint density at radius 3 is 2.25 bits per heavy atom. The molecule has 1 aliphatic heterocycles. The Hall–Kier alpha value is -3.35. The lowest BCUT2D eigenvalue weighted by molar-refractivity contribution is -0.147. The number of hydrogen-bond donors (Lipinski definition) is 2. The highest BCUT2D eigenvalue weighted by Gasteiger charge is 2.42. The van der Waals surface area contributed by atoms with Gasteiger partial charge in [0.05, 0.1) is 6.54 Å². The molecule has 1 saturated carbocycles. The first kappa shape index (κ1) is 21.9. The number of aliphatic carboxylic acids is 1. The molecule has 1 saturated heterocycles. The van der Waals surface area contributed by atoms with Crippen LogP contribution in [-0.2, 0) is 9.59 Å². The van der Waals surface area contributed by atoms with Gasteiger partial charge in [0.2, 0.25) is 5.91 Å². The molecule has 2 aliphatic rings. The number of nitrogens with zero attached hydrogens (tertiary/aromatic N) is 1. The summed E-state index contributed by atoms with van der Waals surface area (Å²) in [5, 5.41) is 12.2. The van der Waals surface area contributed by atoms with Crippen LogP contribution in [-0.4, -0.2) is 46.9 Å². The summed E-state index contributed by atoms with van der Waals surface area (Å²) in [6.07, 6.45) is 5.08. The van der Waals surface area contributed by atoms with Crippen molar-refractivity contribution < 1.29 is 24.2 Å². The molecule has 7 nitrogen and oxygen atoms in total. The number of carboxylic acid groups (broad SMARTS) is 1. The molecule has 2 N–H and O–H groups in total. The molecule has 32 heavy (non-hydrogen) atoms. The average Bonchev–Trinajstić information content (AvgIpc) is 3.48. The third kappa shape index (κ3) is 5.10. The number of amides is 2. The molecule has 2 aromatic rings. The maximum absolute atomic E-state index is 12.7. The van der Waals surface area contributed by atoms with E-state index in [1.807, 2.05) is 30.3 Å². The van der Waals surface area contributed by atoms with E-state index in [0.29, 0.717) is 35.9 Å². The lowest BCUT2D eigenvalue weighted by atomic mass is 9.89. The van der Waals surface area contributed by atoms with Crippen LogP contribution in [0.5, 0.6) is 11.5 Å². The second-order valence-corrected chi connectivity index (χ2v) is 8.56. The summed E-state index contributed by atoms with van der Waals surface area (Å²) in [5.41, 5.74) is 0.401. The third-order valence-corrected chi connectivity index (χ3v) is 6.50. The Labute approximate surface area is 187 Å². The topological polar surface area (TPSA) is 95.9 Å². The standard InChI is InChI=1S/C25H28N2O5/c28-23(27-16-19(14-22(27)25(30)31)17-6-4-5-7-17)15-26-24(29)18-10-12-21(13-11-18)32-20-8-2-1-3-9-20/h1-3,8-13,17,19,22H,4-7,14-16H2,(H,26,29)(H,30,31). The SMILES string of the molecule is O=C(NCC(=O)N1CC(C2CCCC2)CC1C(=O)O)c1ccc(Oc2ccccc2)cc1. The number of hydrogen-bond acceptors (Lipinski definition) is 4. The van der Waals surface area contributed by atoms with Crippen molar-refractivity contribution in [3.05, 3.63) is 60.2 Å². The molecule has 2 fully saturated rings. The van der Waals surface area contributed by atoms with Crippen molar-refractivity contribution in [2.24, 2.45) is 11.8 Å². The van der Waals surface area contributed by atoms with Gasteiger partial charge in [-0.05, 0) is 54.7 Å². The van der Waals surface area contributed by atoms with Crippen molar-refractivity contribution in [2.75, 3.05) is 13.1 Å². The van der Waals surface area contributed by atoms with Crippen molar-refractivity contribution in [3.8, 4) is 11.5 Å². The highest BCUT2D eigenvalue weighted by atomic mass is 16.5. The van der Waals surface area contributed by atoms with Crippen molar-refractivity contribution in [1.82, 2.24) is 10.2 Å². The van der Waals surface area contributed by atoms with Gasteiger partial charge in [0.15, 0.2) is 0 Å². The van der Waals surface area contributed by atoms with Gasteiger partial charge >= 0.3 is 5.97 Å². The molecule has 0 radical (unpaired) electrons. The van der Waals surface area contributed by atoms with Gasteiger partial charge in [-0.1, -0.05) is 43.9 Å². The maximum Gasteiger partial charge on any atom is 0.326 e. The van der Waals surface area contributed by atoms with Gasteiger partial charge in [-0.25, -0.2) is 4.79 Å². The summed E-state index contributed by atoms with van der Waals surface area (Å²) in [6.45, 7) is 0.240. The molecule has 0 spiro atoms. The molecule has 7 heteroatoms. The molecule has 2 unspecified atom stereocenters. The van der Waals surface area contributed by atoms with Crippen molar-refractivity contribution in [2.45, 2.75) is 38.1 Å². The van der Waals surface area contributed by atoms with E-state index in [4.69, 9.17) is 4.74 Å². The molecule has 168 valence electrons. The number of likely N-dealkylation sites (tertiary alicyclic amines) is 1. The van der Waals surface area contributed by atoms with Crippen molar-refractivity contribution >= 4 is 17.8 Å². The largest absolute Gasteiger partial charge is 0.480 e. The number of carbonyl (C=O) groups excluding carboxylic acids is 2. The minimum absolute atomic E-state index is 0.220. The molecule has 0 aromatic heterocycles. The van der Waals surface area contributed by atoms with Crippen LogP contribution in [0.1, 0.15) is 42.5 Å². The zero-order valence-corrected chi connectivity index (χ0v) is 17.9. The van der Waals surface area contributed by atoms with Crippen LogP contribution in [0.2, 0.25) is 0 Å². The van der Waals surface area contributed by atoms with E-state index in [1.54, 1.807) is 24.3 Å². The first-order valence-corrected chi connectivity index (χ1v) is 11.1. The second-order valence-electron chi connectivity index (χ2n) is 8.56.